The molecule has 1 fully saturated rings. The molecule has 1 saturated heterocycles. The second-order valence-corrected chi connectivity index (χ2v) is 21.1. The largest absolute Gasteiger partial charge is 0.507 e. The predicted molar refractivity (Wildman–Crippen MR) is 277 cm³/mol. The summed E-state index contributed by atoms with van der Waals surface area (Å²) >= 11 is 0. The van der Waals surface area contributed by atoms with Gasteiger partial charge in [-0.1, -0.05) is 131 Å². The lowest BCUT2D eigenvalue weighted by Gasteiger charge is -2.43. The van der Waals surface area contributed by atoms with Crippen LogP contribution in [-0.2, 0) is 39.9 Å². The van der Waals surface area contributed by atoms with Crippen LogP contribution in [0.3, 0.4) is 0 Å². The molecule has 2 aromatic carbocycles. The lowest BCUT2D eigenvalue weighted by Crippen LogP contribution is -2.47. The van der Waals surface area contributed by atoms with Crippen LogP contribution in [0.5, 0.6) is 11.5 Å². The van der Waals surface area contributed by atoms with Crippen molar-refractivity contribution < 1.29 is 43.3 Å². The Hall–Kier alpha value is -4.42. The van der Waals surface area contributed by atoms with Crippen molar-refractivity contribution in [2.45, 2.75) is 208 Å². The van der Waals surface area contributed by atoms with Crippen LogP contribution < -0.4 is 15.8 Å². The van der Waals surface area contributed by atoms with Gasteiger partial charge in [-0.2, -0.15) is 0 Å². The summed E-state index contributed by atoms with van der Waals surface area (Å²) in [5.41, 5.74) is 7.79. The number of amides is 2. The van der Waals surface area contributed by atoms with Crippen molar-refractivity contribution in [3.05, 3.63) is 47.5 Å². The summed E-state index contributed by atoms with van der Waals surface area (Å²) in [7, 11) is 1.58. The van der Waals surface area contributed by atoms with E-state index in [1.54, 1.807) is 51.2 Å². The minimum absolute atomic E-state index is 0.00396. The van der Waals surface area contributed by atoms with Crippen molar-refractivity contribution in [1.82, 2.24) is 10.2 Å². The van der Waals surface area contributed by atoms with Crippen molar-refractivity contribution in [2.75, 3.05) is 13.6 Å². The van der Waals surface area contributed by atoms with Crippen molar-refractivity contribution in [3.8, 4) is 22.6 Å². The van der Waals surface area contributed by atoms with E-state index in [1.165, 1.54) is 62.8 Å². The molecule has 0 aliphatic carbocycles. The van der Waals surface area contributed by atoms with E-state index in [-0.39, 0.29) is 72.6 Å². The van der Waals surface area contributed by atoms with Crippen molar-refractivity contribution in [3.63, 3.8) is 0 Å². The monoisotopic (exact) mass is 972 g/mol. The number of carbonyl (C=O) groups excluding carboxylic acids is 6. The number of nitrogens with two attached hydrogens (primary N) is 1. The van der Waals surface area contributed by atoms with E-state index in [9.17, 15) is 33.9 Å². The zero-order valence-electron chi connectivity index (χ0n) is 44.3. The molecule has 10 atom stereocenters. The van der Waals surface area contributed by atoms with Gasteiger partial charge in [-0.15, -0.1) is 0 Å². The third-order valence-corrected chi connectivity index (χ3v) is 15.5. The molecule has 390 valence electrons. The first kappa shape index (κ1) is 58.2. The normalized spacial score (nSPS) is 23.7. The maximum atomic E-state index is 14.9. The van der Waals surface area contributed by atoms with Crippen LogP contribution in [0.25, 0.3) is 11.1 Å². The van der Waals surface area contributed by atoms with Crippen molar-refractivity contribution in [1.29, 1.82) is 0 Å². The van der Waals surface area contributed by atoms with E-state index < -0.39 is 47.8 Å². The second-order valence-electron chi connectivity index (χ2n) is 21.1. The first-order valence-corrected chi connectivity index (χ1v) is 27.0. The Morgan fingerprint density at radius 3 is 2.10 bits per heavy atom. The smallest absolute Gasteiger partial charge is 0.226 e. The maximum Gasteiger partial charge on any atom is 0.226 e. The molecule has 0 saturated carbocycles. The summed E-state index contributed by atoms with van der Waals surface area (Å²) < 4.78 is 13.4. The molecule has 2 aliphatic heterocycles. The van der Waals surface area contributed by atoms with Crippen LogP contribution in [0, 0.1) is 35.5 Å². The van der Waals surface area contributed by atoms with Gasteiger partial charge >= 0.3 is 0 Å². The Kier molecular flexibility index (Phi) is 24.2. The van der Waals surface area contributed by atoms with Crippen LogP contribution in [0.2, 0.25) is 0 Å². The Morgan fingerprint density at radius 2 is 1.47 bits per heavy atom. The van der Waals surface area contributed by atoms with Gasteiger partial charge in [0, 0.05) is 67.5 Å². The lowest BCUT2D eigenvalue weighted by molar-refractivity contribution is -0.211. The van der Waals surface area contributed by atoms with Gasteiger partial charge in [-0.25, -0.2) is 0 Å². The molecule has 4 rings (SSSR count). The highest BCUT2D eigenvalue weighted by atomic mass is 16.7. The topological polar surface area (TPSA) is 182 Å². The summed E-state index contributed by atoms with van der Waals surface area (Å²) in [4.78, 5) is 85.0. The summed E-state index contributed by atoms with van der Waals surface area (Å²) in [5, 5.41) is 14.6. The Labute approximate surface area is 420 Å². The number of Topliss-reactive ketones (excluding diaryl/α,β-unsaturated/α-hetero) is 4. The number of nitrogens with zero attached hydrogens (tertiary/aromatic N) is 1. The summed E-state index contributed by atoms with van der Waals surface area (Å²) in [6.45, 7) is 16.0. The first-order valence-electron chi connectivity index (χ1n) is 27.0. The number of nitrogens with one attached hydrogen (secondary N) is 1. The van der Waals surface area contributed by atoms with E-state index in [2.05, 4.69) is 39.9 Å². The SMILES string of the molecule is CCCCCCCCCCCCCC(=O)C[C@@H](CCCCN)C(=O)N(C)[C@@H]1C(=O)C[C@@H](C)C(=O)N[C@H](C(=O)C[C@@H](C)C(C)=O)Cc2ccc(O)c(c2)-c2cc1ccc2OC1O[C@H](CC)[C@@H](C)[C@H](C)[C@H]1C. The molecule has 70 heavy (non-hydrogen) atoms. The molecule has 0 spiro atoms. The summed E-state index contributed by atoms with van der Waals surface area (Å²) in [5.74, 6) is -2.99. The predicted octanol–water partition coefficient (Wildman–Crippen LogP) is 11.2. The molecule has 2 aromatic rings. The van der Waals surface area contributed by atoms with Crippen LogP contribution in [0.1, 0.15) is 195 Å². The molecule has 0 radical (unpaired) electrons. The third-order valence-electron chi connectivity index (χ3n) is 15.5. The zero-order chi connectivity index (χ0) is 51.5. The molecule has 1 unspecified atom stereocenters. The van der Waals surface area contributed by atoms with E-state index in [4.69, 9.17) is 15.2 Å². The van der Waals surface area contributed by atoms with Gasteiger partial charge in [-0.3, -0.25) is 28.8 Å². The highest BCUT2D eigenvalue weighted by molar-refractivity contribution is 5.97. The van der Waals surface area contributed by atoms with Crippen molar-refractivity contribution >= 4 is 34.9 Å². The number of phenolic OH excluding ortho intramolecular Hbond substituents is 1. The molecule has 0 aromatic heterocycles. The minimum atomic E-state index is -1.19. The van der Waals surface area contributed by atoms with Gasteiger partial charge in [0.1, 0.15) is 29.1 Å². The van der Waals surface area contributed by atoms with Crippen LogP contribution in [0.15, 0.2) is 36.4 Å². The van der Waals surface area contributed by atoms with Gasteiger partial charge in [0.15, 0.2) is 11.6 Å². The second kappa shape index (κ2) is 29.2. The average molecular weight is 972 g/mol. The number of hydrogen-bond acceptors (Lipinski definition) is 10. The van der Waals surface area contributed by atoms with Crippen molar-refractivity contribution in [2.24, 2.45) is 41.2 Å². The number of phenols is 1. The van der Waals surface area contributed by atoms with Crippen LogP contribution >= 0.6 is 0 Å². The van der Waals surface area contributed by atoms with E-state index in [0.717, 1.165) is 32.1 Å². The molecule has 2 aliphatic rings. The first-order chi connectivity index (χ1) is 33.4. The van der Waals surface area contributed by atoms with Gasteiger partial charge in [-0.05, 0) is 92.8 Å². The number of ether oxygens (including phenoxy) is 2. The van der Waals surface area contributed by atoms with Crippen LogP contribution in [-0.4, -0.2) is 77.0 Å². The van der Waals surface area contributed by atoms with E-state index in [1.807, 2.05) is 0 Å². The van der Waals surface area contributed by atoms with Gasteiger partial charge in [0.05, 0.1) is 12.1 Å². The Morgan fingerprint density at radius 1 is 0.814 bits per heavy atom. The number of likely N-dealkylation sites (N-methyl/N-ethyl adjacent to an activating group) is 1. The number of hydrogen-bond donors (Lipinski definition) is 3. The molecule has 4 N–H and O–H groups in total. The fraction of sp³-hybridized carbons (Fsp3) is 0.690. The maximum absolute atomic E-state index is 14.9. The van der Waals surface area contributed by atoms with Gasteiger partial charge < -0.3 is 30.5 Å². The summed E-state index contributed by atoms with van der Waals surface area (Å²) in [6.07, 6.45) is 14.9. The number of benzene rings is 2. The molecule has 4 bridgehead atoms. The quantitative estimate of drug-likeness (QED) is 0.0729. The number of fused-ring (bicyclic) bond motifs is 5. The number of aromatic hydroxyl groups is 1. The highest BCUT2D eigenvalue weighted by Crippen LogP contribution is 2.43. The Bertz CT molecular complexity index is 2030. The fourth-order valence-corrected chi connectivity index (χ4v) is 10.3. The molecule has 12 heteroatoms. The molecule has 12 nitrogen and oxygen atoms in total. The zero-order valence-corrected chi connectivity index (χ0v) is 44.3. The minimum Gasteiger partial charge on any atom is -0.507 e. The molecule has 2 heterocycles. The molecular weight excluding hydrogens is 883 g/mol. The number of ketones is 4. The summed E-state index contributed by atoms with van der Waals surface area (Å²) in [6, 6.07) is 8.04. The lowest BCUT2D eigenvalue weighted by atomic mass is 9.78. The third kappa shape index (κ3) is 16.8. The van der Waals surface area contributed by atoms with Gasteiger partial charge in [0.2, 0.25) is 18.1 Å². The van der Waals surface area contributed by atoms with E-state index in [0.29, 0.717) is 66.1 Å². The van der Waals surface area contributed by atoms with Gasteiger partial charge in [0.25, 0.3) is 0 Å². The number of unbranched alkanes of at least 4 members (excludes halogenated alkanes) is 11. The number of rotatable bonds is 27. The van der Waals surface area contributed by atoms with E-state index >= 15 is 0 Å². The highest BCUT2D eigenvalue weighted by Gasteiger charge is 2.41. The fourth-order valence-electron chi connectivity index (χ4n) is 10.3. The average Bonchev–Trinajstić information content (AvgIpc) is 3.33. The number of carbonyl (C=O) groups is 6. The molecule has 2 amide bonds. The molecular formula is C58H89N3O9. The Balaban J connectivity index is 1.73. The van der Waals surface area contributed by atoms with Crippen LogP contribution in [0.4, 0.5) is 0 Å². The standard InChI is InChI=1S/C58H89N3O9/c1-10-12-13-14-15-16-17-18-19-20-21-25-46(63)35-45(24-22-23-30-59)57(68)61(9)55-44-27-29-54(70-58-41(7)39(5)40(6)53(11-2)69-58)48(36-44)47-33-43(26-28-50(47)64)34-49(51(65)31-37(3)42(8)62)60-56(67)38(4)32-52(55)66/h26-29,33,36-41,45,49,53,55,58,64H,10-25,30-32,34-35,59H2,1-9H3,(H,60,67)/t37-,38-,39+,40+,41-,45-,49+,53-,55+,58?/m1/s1.